The van der Waals surface area contributed by atoms with Crippen LogP contribution in [0.2, 0.25) is 0 Å². The summed E-state index contributed by atoms with van der Waals surface area (Å²) in [5.74, 6) is 0.841. The second-order valence-corrected chi connectivity index (χ2v) is 3.89. The van der Waals surface area contributed by atoms with Crippen LogP contribution in [0.4, 0.5) is 0 Å². The molecule has 1 amide bonds. The molecule has 0 N–H and O–H groups in total. The van der Waals surface area contributed by atoms with Gasteiger partial charge in [-0.25, -0.2) is 0 Å². The Labute approximate surface area is 80.6 Å². The van der Waals surface area contributed by atoms with Crippen molar-refractivity contribution in [3.05, 3.63) is 12.2 Å². The predicted octanol–water partition coefficient (Wildman–Crippen LogP) is 2.21. The van der Waals surface area contributed by atoms with Gasteiger partial charge in [0, 0.05) is 13.1 Å². The van der Waals surface area contributed by atoms with Crippen molar-refractivity contribution in [3.8, 4) is 0 Å². The highest BCUT2D eigenvalue weighted by Crippen LogP contribution is 2.15. The molecule has 1 rings (SSSR count). The zero-order valence-electron chi connectivity index (χ0n) is 8.62. The van der Waals surface area contributed by atoms with E-state index in [0.29, 0.717) is 5.92 Å². The zero-order chi connectivity index (χ0) is 9.68. The Morgan fingerprint density at radius 2 is 2.23 bits per heavy atom. The van der Waals surface area contributed by atoms with Crippen LogP contribution in [0, 0.1) is 5.92 Å². The lowest BCUT2D eigenvalue weighted by Gasteiger charge is -2.20. The molecule has 0 aliphatic carbocycles. The Bertz CT molecular complexity index is 198. The molecule has 2 heteroatoms. The minimum Gasteiger partial charge on any atom is -0.339 e. The summed E-state index contributed by atoms with van der Waals surface area (Å²) >= 11 is 0. The second-order valence-electron chi connectivity index (χ2n) is 3.89. The Morgan fingerprint density at radius 3 is 2.92 bits per heavy atom. The number of carbonyl (C=O) groups is 1. The summed E-state index contributed by atoms with van der Waals surface area (Å²) in [5, 5.41) is 0. The summed E-state index contributed by atoms with van der Waals surface area (Å²) in [5.41, 5.74) is 0. The first-order valence-corrected chi connectivity index (χ1v) is 5.15. The van der Waals surface area contributed by atoms with E-state index in [4.69, 9.17) is 0 Å². The van der Waals surface area contributed by atoms with E-state index in [0.717, 1.165) is 19.5 Å². The number of hydrogen-bond acceptors (Lipinski definition) is 1. The molecular weight excluding hydrogens is 162 g/mol. The van der Waals surface area contributed by atoms with Gasteiger partial charge in [-0.3, -0.25) is 4.79 Å². The number of rotatable bonds is 1. The Hall–Kier alpha value is -0.790. The summed E-state index contributed by atoms with van der Waals surface area (Å²) in [4.78, 5) is 13.5. The van der Waals surface area contributed by atoms with Crippen molar-refractivity contribution < 1.29 is 4.79 Å². The maximum absolute atomic E-state index is 11.5. The number of amides is 1. The summed E-state index contributed by atoms with van der Waals surface area (Å²) in [6.45, 7) is 5.98. The molecule has 13 heavy (non-hydrogen) atoms. The standard InChI is InChI=1S/C11H19NO/c1-3-6-11(13)12-8-5-4-7-10(2)9-12/h3,6,10H,4-5,7-9H2,1-2H3. The van der Waals surface area contributed by atoms with Gasteiger partial charge in [-0.1, -0.05) is 19.4 Å². The highest BCUT2D eigenvalue weighted by Gasteiger charge is 2.16. The van der Waals surface area contributed by atoms with E-state index in [1.54, 1.807) is 6.08 Å². The summed E-state index contributed by atoms with van der Waals surface area (Å²) in [7, 11) is 0. The number of carbonyl (C=O) groups excluding carboxylic acids is 1. The number of likely N-dealkylation sites (tertiary alicyclic amines) is 1. The molecule has 0 aromatic heterocycles. The monoisotopic (exact) mass is 181 g/mol. The Kier molecular flexibility index (Phi) is 4.00. The van der Waals surface area contributed by atoms with E-state index in [-0.39, 0.29) is 5.91 Å². The third kappa shape index (κ3) is 3.21. The lowest BCUT2D eigenvalue weighted by atomic mass is 10.1. The van der Waals surface area contributed by atoms with Crippen LogP contribution in [0.25, 0.3) is 0 Å². The van der Waals surface area contributed by atoms with Gasteiger partial charge in [0.2, 0.25) is 5.91 Å². The topological polar surface area (TPSA) is 20.3 Å². The van der Waals surface area contributed by atoms with Crippen LogP contribution in [0.15, 0.2) is 12.2 Å². The summed E-state index contributed by atoms with van der Waals surface area (Å²) in [6, 6.07) is 0. The quantitative estimate of drug-likeness (QED) is 0.568. The molecule has 1 saturated heterocycles. The van der Waals surface area contributed by atoms with Crippen LogP contribution >= 0.6 is 0 Å². The highest BCUT2D eigenvalue weighted by molar-refractivity contribution is 5.87. The average Bonchev–Trinajstić information content (AvgIpc) is 2.30. The Balaban J connectivity index is 2.51. The normalized spacial score (nSPS) is 24.8. The van der Waals surface area contributed by atoms with E-state index < -0.39 is 0 Å². The van der Waals surface area contributed by atoms with E-state index in [1.807, 2.05) is 17.9 Å². The van der Waals surface area contributed by atoms with Gasteiger partial charge in [0.05, 0.1) is 0 Å². The molecule has 1 fully saturated rings. The fourth-order valence-electron chi connectivity index (χ4n) is 1.80. The van der Waals surface area contributed by atoms with Gasteiger partial charge in [-0.05, 0) is 31.8 Å². The van der Waals surface area contributed by atoms with Gasteiger partial charge in [0.25, 0.3) is 0 Å². The van der Waals surface area contributed by atoms with Crippen molar-refractivity contribution in [2.45, 2.75) is 33.1 Å². The van der Waals surface area contributed by atoms with Gasteiger partial charge in [-0.2, -0.15) is 0 Å². The number of nitrogens with zero attached hydrogens (tertiary/aromatic N) is 1. The van der Waals surface area contributed by atoms with Crippen molar-refractivity contribution in [2.24, 2.45) is 5.92 Å². The van der Waals surface area contributed by atoms with Gasteiger partial charge >= 0.3 is 0 Å². The Morgan fingerprint density at radius 1 is 1.46 bits per heavy atom. The smallest absolute Gasteiger partial charge is 0.246 e. The van der Waals surface area contributed by atoms with Crippen LogP contribution in [0.5, 0.6) is 0 Å². The summed E-state index contributed by atoms with van der Waals surface area (Å²) in [6.07, 6.45) is 7.17. The maximum atomic E-state index is 11.5. The SMILES string of the molecule is CC=CC(=O)N1CCCCC(C)C1. The van der Waals surface area contributed by atoms with Crippen molar-refractivity contribution >= 4 is 5.91 Å². The van der Waals surface area contributed by atoms with Crippen LogP contribution in [0.1, 0.15) is 33.1 Å². The van der Waals surface area contributed by atoms with E-state index >= 15 is 0 Å². The molecule has 2 nitrogen and oxygen atoms in total. The van der Waals surface area contributed by atoms with Crippen LogP contribution in [-0.2, 0) is 4.79 Å². The first kappa shape index (κ1) is 10.3. The van der Waals surface area contributed by atoms with Gasteiger partial charge < -0.3 is 4.90 Å². The average molecular weight is 181 g/mol. The molecule has 1 aliphatic rings. The van der Waals surface area contributed by atoms with Crippen molar-refractivity contribution in [1.82, 2.24) is 4.90 Å². The maximum Gasteiger partial charge on any atom is 0.246 e. The van der Waals surface area contributed by atoms with E-state index in [1.165, 1.54) is 12.8 Å². The lowest BCUT2D eigenvalue weighted by molar-refractivity contribution is -0.126. The molecule has 1 unspecified atom stereocenters. The van der Waals surface area contributed by atoms with Crippen molar-refractivity contribution in [1.29, 1.82) is 0 Å². The van der Waals surface area contributed by atoms with Gasteiger partial charge in [0.15, 0.2) is 0 Å². The van der Waals surface area contributed by atoms with Gasteiger partial charge in [0.1, 0.15) is 0 Å². The van der Waals surface area contributed by atoms with Crippen LogP contribution in [0.3, 0.4) is 0 Å². The molecular formula is C11H19NO. The van der Waals surface area contributed by atoms with E-state index in [9.17, 15) is 4.79 Å². The molecule has 1 aliphatic heterocycles. The fourth-order valence-corrected chi connectivity index (χ4v) is 1.80. The largest absolute Gasteiger partial charge is 0.339 e. The first-order valence-electron chi connectivity index (χ1n) is 5.15. The number of allylic oxidation sites excluding steroid dienone is 1. The zero-order valence-corrected chi connectivity index (χ0v) is 8.62. The fraction of sp³-hybridized carbons (Fsp3) is 0.727. The second kappa shape index (κ2) is 5.05. The summed E-state index contributed by atoms with van der Waals surface area (Å²) < 4.78 is 0. The molecule has 0 radical (unpaired) electrons. The van der Waals surface area contributed by atoms with Crippen molar-refractivity contribution in [3.63, 3.8) is 0 Å². The van der Waals surface area contributed by atoms with Crippen molar-refractivity contribution in [2.75, 3.05) is 13.1 Å². The molecule has 1 atom stereocenters. The van der Waals surface area contributed by atoms with E-state index in [2.05, 4.69) is 6.92 Å². The molecule has 0 aromatic rings. The third-order valence-corrected chi connectivity index (χ3v) is 2.53. The third-order valence-electron chi connectivity index (χ3n) is 2.53. The minimum absolute atomic E-state index is 0.177. The van der Waals surface area contributed by atoms with Crippen LogP contribution < -0.4 is 0 Å². The minimum atomic E-state index is 0.177. The molecule has 1 heterocycles. The molecule has 0 bridgehead atoms. The highest BCUT2D eigenvalue weighted by atomic mass is 16.2. The van der Waals surface area contributed by atoms with Crippen LogP contribution in [-0.4, -0.2) is 23.9 Å². The predicted molar refractivity (Wildman–Crippen MR) is 54.4 cm³/mol. The molecule has 0 spiro atoms. The molecule has 74 valence electrons. The first-order chi connectivity index (χ1) is 6.24. The number of hydrogen-bond donors (Lipinski definition) is 0. The molecule has 0 saturated carbocycles. The molecule has 0 aromatic carbocycles. The van der Waals surface area contributed by atoms with Gasteiger partial charge in [-0.15, -0.1) is 0 Å². The lowest BCUT2D eigenvalue weighted by Crippen LogP contribution is -2.32.